The monoisotopic (exact) mass is 358 g/mol. The highest BCUT2D eigenvalue weighted by Gasteiger charge is 2.33. The maximum Gasteiger partial charge on any atom is 0.104 e. The molecule has 0 spiro atoms. The van der Waals surface area contributed by atoms with Crippen LogP contribution in [0.3, 0.4) is 0 Å². The van der Waals surface area contributed by atoms with Crippen molar-refractivity contribution in [3.8, 4) is 0 Å². The van der Waals surface area contributed by atoms with Crippen LogP contribution in [-0.4, -0.2) is 48.2 Å². The van der Waals surface area contributed by atoms with Crippen molar-refractivity contribution in [3.05, 3.63) is 35.4 Å². The molecular weight excluding hydrogens is 316 g/mol. The predicted octanol–water partition coefficient (Wildman–Crippen LogP) is 5.51. The Hall–Kier alpha value is -0.860. The van der Waals surface area contributed by atoms with E-state index in [-0.39, 0.29) is 0 Å². The number of hydrogen-bond acceptors (Lipinski definition) is 0. The molecule has 0 amide bonds. The van der Waals surface area contributed by atoms with Gasteiger partial charge >= 0.3 is 0 Å². The summed E-state index contributed by atoms with van der Waals surface area (Å²) in [6, 6.07) is 9.80. The van der Waals surface area contributed by atoms with E-state index in [4.69, 9.17) is 0 Å². The molecule has 0 N–H and O–H groups in total. The third kappa shape index (κ3) is 5.10. The summed E-state index contributed by atoms with van der Waals surface area (Å²) in [5.41, 5.74) is 3.13. The number of unbranched alkanes of at least 4 members (excludes halogenated alkanes) is 2. The minimum Gasteiger partial charge on any atom is -0.320 e. The Kier molecular flexibility index (Phi) is 7.17. The summed E-state index contributed by atoms with van der Waals surface area (Å²) in [6.45, 7) is 15.6. The minimum atomic E-state index is 1.26. The Morgan fingerprint density at radius 2 is 0.962 bits per heavy atom. The predicted molar refractivity (Wildman–Crippen MR) is 112 cm³/mol. The van der Waals surface area contributed by atoms with E-state index in [0.717, 1.165) is 0 Å². The van der Waals surface area contributed by atoms with Gasteiger partial charge in [-0.1, -0.05) is 51.0 Å². The number of benzene rings is 1. The first-order valence-electron chi connectivity index (χ1n) is 11.5. The van der Waals surface area contributed by atoms with Crippen LogP contribution in [0, 0.1) is 0 Å². The van der Waals surface area contributed by atoms with E-state index < -0.39 is 0 Å². The molecule has 2 aliphatic rings. The first-order valence-corrected chi connectivity index (χ1v) is 11.5. The van der Waals surface area contributed by atoms with Gasteiger partial charge in [0.05, 0.1) is 39.3 Å². The lowest BCUT2D eigenvalue weighted by Crippen LogP contribution is -2.45. The lowest BCUT2D eigenvalue weighted by atomic mass is 10.1. The second kappa shape index (κ2) is 9.37. The average molecular weight is 359 g/mol. The minimum absolute atomic E-state index is 1.26. The van der Waals surface area contributed by atoms with E-state index in [0.29, 0.717) is 0 Å². The molecule has 2 saturated heterocycles. The van der Waals surface area contributed by atoms with Crippen molar-refractivity contribution >= 4 is 0 Å². The van der Waals surface area contributed by atoms with Crippen molar-refractivity contribution < 1.29 is 8.97 Å². The van der Waals surface area contributed by atoms with E-state index >= 15 is 0 Å². The van der Waals surface area contributed by atoms with Gasteiger partial charge in [0.2, 0.25) is 0 Å². The quantitative estimate of drug-likeness (QED) is 0.484. The molecule has 2 nitrogen and oxygen atoms in total. The Labute approximate surface area is 162 Å². The van der Waals surface area contributed by atoms with Gasteiger partial charge in [-0.3, -0.25) is 0 Å². The van der Waals surface area contributed by atoms with Gasteiger partial charge in [-0.15, -0.1) is 0 Å². The van der Waals surface area contributed by atoms with Crippen LogP contribution in [0.4, 0.5) is 0 Å². The molecule has 0 unspecified atom stereocenters. The molecule has 3 rings (SSSR count). The van der Waals surface area contributed by atoms with Gasteiger partial charge < -0.3 is 8.97 Å². The maximum absolute atomic E-state index is 2.45. The van der Waals surface area contributed by atoms with Gasteiger partial charge in [0.25, 0.3) is 0 Å². The van der Waals surface area contributed by atoms with Crippen molar-refractivity contribution in [2.75, 3.05) is 39.3 Å². The summed E-state index contributed by atoms with van der Waals surface area (Å²) >= 11 is 0. The second-order valence-corrected chi connectivity index (χ2v) is 9.28. The number of hydrogen-bond donors (Lipinski definition) is 0. The number of rotatable bonds is 10. The molecule has 146 valence electrons. The summed E-state index contributed by atoms with van der Waals surface area (Å²) in [5, 5.41) is 0. The summed E-state index contributed by atoms with van der Waals surface area (Å²) in [7, 11) is 0. The van der Waals surface area contributed by atoms with E-state index in [2.05, 4.69) is 38.1 Å². The molecule has 0 aliphatic carbocycles. The van der Waals surface area contributed by atoms with Crippen molar-refractivity contribution in [2.24, 2.45) is 0 Å². The zero-order valence-corrected chi connectivity index (χ0v) is 17.5. The molecule has 2 heterocycles. The molecule has 1 aromatic rings. The average Bonchev–Trinajstić information content (AvgIpc) is 3.31. The fourth-order valence-electron chi connectivity index (χ4n) is 5.45. The molecule has 2 heteroatoms. The van der Waals surface area contributed by atoms with Crippen LogP contribution < -0.4 is 0 Å². The molecule has 2 aliphatic heterocycles. The Bertz CT molecular complexity index is 473. The van der Waals surface area contributed by atoms with E-state index in [9.17, 15) is 0 Å². The van der Waals surface area contributed by atoms with Gasteiger partial charge in [-0.25, -0.2) is 0 Å². The standard InChI is InChI=1S/C24H42N2/c1-3-5-15-25(17-7-8-18-25)21-23-11-13-24(14-12-23)22-26(16-6-4-2)19-9-10-20-26/h11-14H,3-10,15-22H2,1-2H3/q+2. The zero-order chi connectivity index (χ0) is 18.3. The van der Waals surface area contributed by atoms with Crippen LogP contribution in [0.2, 0.25) is 0 Å². The Morgan fingerprint density at radius 3 is 1.27 bits per heavy atom. The van der Waals surface area contributed by atoms with Gasteiger partial charge in [0.1, 0.15) is 13.1 Å². The van der Waals surface area contributed by atoms with Gasteiger partial charge in [-0.2, -0.15) is 0 Å². The number of quaternary nitrogens is 2. The van der Waals surface area contributed by atoms with Gasteiger partial charge in [0, 0.05) is 36.8 Å². The zero-order valence-electron chi connectivity index (χ0n) is 17.5. The first kappa shape index (κ1) is 19.9. The lowest BCUT2D eigenvalue weighted by molar-refractivity contribution is -0.930. The van der Waals surface area contributed by atoms with Crippen molar-refractivity contribution in [2.45, 2.75) is 78.3 Å². The maximum atomic E-state index is 2.45. The van der Waals surface area contributed by atoms with Crippen LogP contribution in [-0.2, 0) is 13.1 Å². The van der Waals surface area contributed by atoms with Crippen LogP contribution in [0.25, 0.3) is 0 Å². The third-order valence-electron chi connectivity index (χ3n) is 7.06. The number of likely N-dealkylation sites (tertiary alicyclic amines) is 2. The van der Waals surface area contributed by atoms with E-state index in [1.165, 1.54) is 113 Å². The summed E-state index contributed by atoms with van der Waals surface area (Å²) < 4.78 is 2.70. The fraction of sp³-hybridized carbons (Fsp3) is 0.750. The van der Waals surface area contributed by atoms with Crippen molar-refractivity contribution in [3.63, 3.8) is 0 Å². The summed E-state index contributed by atoms with van der Waals surface area (Å²) in [5.74, 6) is 0. The number of nitrogens with zero attached hydrogens (tertiary/aromatic N) is 2. The van der Waals surface area contributed by atoms with E-state index in [1.54, 1.807) is 11.1 Å². The van der Waals surface area contributed by atoms with Crippen LogP contribution in [0.15, 0.2) is 24.3 Å². The third-order valence-corrected chi connectivity index (χ3v) is 7.06. The summed E-state index contributed by atoms with van der Waals surface area (Å²) in [6.07, 6.45) is 11.1. The van der Waals surface area contributed by atoms with Crippen LogP contribution in [0.5, 0.6) is 0 Å². The Morgan fingerprint density at radius 1 is 0.615 bits per heavy atom. The smallest absolute Gasteiger partial charge is 0.104 e. The topological polar surface area (TPSA) is 0 Å². The highest BCUT2D eigenvalue weighted by molar-refractivity contribution is 5.21. The van der Waals surface area contributed by atoms with Crippen LogP contribution in [0.1, 0.15) is 76.3 Å². The Balaban J connectivity index is 1.62. The fourth-order valence-corrected chi connectivity index (χ4v) is 5.45. The second-order valence-electron chi connectivity index (χ2n) is 9.28. The molecule has 0 aromatic heterocycles. The normalized spacial score (nSPS) is 21.3. The SMILES string of the molecule is CCCC[N+]1(Cc2ccc(C[N+]3(CCCC)CCCC3)cc2)CCCC1. The molecule has 1 aromatic carbocycles. The van der Waals surface area contributed by atoms with Gasteiger partial charge in [-0.05, 0) is 12.8 Å². The van der Waals surface area contributed by atoms with Crippen LogP contribution >= 0.6 is 0 Å². The first-order chi connectivity index (χ1) is 12.7. The van der Waals surface area contributed by atoms with E-state index in [1.807, 2.05) is 0 Å². The molecule has 0 atom stereocenters. The molecule has 0 bridgehead atoms. The molecule has 2 fully saturated rings. The molecule has 26 heavy (non-hydrogen) atoms. The highest BCUT2D eigenvalue weighted by atomic mass is 15.4. The largest absolute Gasteiger partial charge is 0.320 e. The molecular formula is C24H42N2+2. The molecule has 0 radical (unpaired) electrons. The highest BCUT2D eigenvalue weighted by Crippen LogP contribution is 2.27. The molecule has 0 saturated carbocycles. The lowest BCUT2D eigenvalue weighted by Gasteiger charge is -2.35. The van der Waals surface area contributed by atoms with Crippen molar-refractivity contribution in [1.82, 2.24) is 0 Å². The summed E-state index contributed by atoms with van der Waals surface area (Å²) in [4.78, 5) is 0. The van der Waals surface area contributed by atoms with Crippen molar-refractivity contribution in [1.29, 1.82) is 0 Å². The van der Waals surface area contributed by atoms with Gasteiger partial charge in [0.15, 0.2) is 0 Å².